The van der Waals surface area contributed by atoms with Gasteiger partial charge in [0, 0.05) is 7.05 Å². The predicted molar refractivity (Wildman–Crippen MR) is 74.5 cm³/mol. The molecule has 1 N–H and O–H groups in total. The van der Waals surface area contributed by atoms with Crippen molar-refractivity contribution in [1.82, 2.24) is 4.90 Å². The summed E-state index contributed by atoms with van der Waals surface area (Å²) in [6, 6.07) is 9.30. The molecule has 1 aromatic carbocycles. The molecule has 6 heteroatoms. The molecule has 0 radical (unpaired) electrons. The molecule has 2 rings (SSSR count). The molecule has 1 fully saturated rings. The van der Waals surface area contributed by atoms with Crippen LogP contribution in [-0.4, -0.2) is 47.4 Å². The fraction of sp³-hybridized carbons (Fsp3) is 0.467. The molecule has 1 aromatic rings. The first-order chi connectivity index (χ1) is 9.85. The van der Waals surface area contributed by atoms with Gasteiger partial charge in [-0.05, 0) is 19.4 Å². The Morgan fingerprint density at radius 2 is 2.05 bits per heavy atom. The monoisotopic (exact) mass is 293 g/mol. The van der Waals surface area contributed by atoms with Crippen LogP contribution in [0.25, 0.3) is 0 Å². The standard InChI is InChI=1S/C15H19NO5/c1-10-13(11-7-5-4-6-8-11)21-15(2,14(19)16(10)3)20-9-12(17)18/h4-8,10,13H,9H2,1-3H3,(H,17,18)/t10-,13-,15-/m1/s1. The Labute approximate surface area is 123 Å². The summed E-state index contributed by atoms with van der Waals surface area (Å²) in [6.07, 6.45) is -0.382. The molecular weight excluding hydrogens is 274 g/mol. The average molecular weight is 293 g/mol. The van der Waals surface area contributed by atoms with Gasteiger partial charge < -0.3 is 19.5 Å². The second kappa shape index (κ2) is 5.83. The zero-order valence-corrected chi connectivity index (χ0v) is 12.3. The second-order valence-corrected chi connectivity index (χ2v) is 5.23. The van der Waals surface area contributed by atoms with Gasteiger partial charge in [0.05, 0.1) is 6.04 Å². The fourth-order valence-electron chi connectivity index (χ4n) is 2.38. The first-order valence-corrected chi connectivity index (χ1v) is 6.71. The van der Waals surface area contributed by atoms with Crippen molar-refractivity contribution >= 4 is 11.9 Å². The number of rotatable bonds is 4. The van der Waals surface area contributed by atoms with Crippen molar-refractivity contribution < 1.29 is 24.2 Å². The number of carboxylic acid groups (broad SMARTS) is 1. The first kappa shape index (κ1) is 15.5. The van der Waals surface area contributed by atoms with Crippen LogP contribution in [-0.2, 0) is 19.1 Å². The van der Waals surface area contributed by atoms with E-state index in [-0.39, 0.29) is 18.1 Å². The Morgan fingerprint density at radius 3 is 2.62 bits per heavy atom. The summed E-state index contributed by atoms with van der Waals surface area (Å²) in [4.78, 5) is 24.5. The molecule has 0 bridgehead atoms. The van der Waals surface area contributed by atoms with E-state index in [1.54, 1.807) is 7.05 Å². The number of nitrogens with zero attached hydrogens (tertiary/aromatic N) is 1. The fourth-order valence-corrected chi connectivity index (χ4v) is 2.38. The highest BCUT2D eigenvalue weighted by molar-refractivity contribution is 5.84. The van der Waals surface area contributed by atoms with Crippen LogP contribution >= 0.6 is 0 Å². The summed E-state index contributed by atoms with van der Waals surface area (Å²) in [5, 5.41) is 8.74. The van der Waals surface area contributed by atoms with Crippen molar-refractivity contribution in [3.8, 4) is 0 Å². The van der Waals surface area contributed by atoms with E-state index >= 15 is 0 Å². The predicted octanol–water partition coefficient (Wildman–Crippen LogP) is 1.42. The Morgan fingerprint density at radius 1 is 1.43 bits per heavy atom. The minimum absolute atomic E-state index is 0.179. The molecule has 1 amide bonds. The number of ether oxygens (including phenoxy) is 2. The number of amides is 1. The van der Waals surface area contributed by atoms with Gasteiger partial charge in [-0.3, -0.25) is 4.79 Å². The SMILES string of the molecule is C[C@@H]1[C@H](c2ccccc2)O[C@@](C)(OCC(=O)O)C(=O)N1C. The van der Waals surface area contributed by atoms with E-state index in [2.05, 4.69) is 0 Å². The van der Waals surface area contributed by atoms with E-state index < -0.39 is 18.4 Å². The third-order valence-electron chi connectivity index (χ3n) is 3.71. The molecule has 21 heavy (non-hydrogen) atoms. The van der Waals surface area contributed by atoms with Gasteiger partial charge in [0.25, 0.3) is 5.91 Å². The molecule has 1 saturated heterocycles. The molecule has 0 aromatic heterocycles. The minimum Gasteiger partial charge on any atom is -0.480 e. The number of morpholine rings is 1. The van der Waals surface area contributed by atoms with E-state index in [9.17, 15) is 9.59 Å². The minimum atomic E-state index is -1.60. The molecule has 1 aliphatic rings. The number of hydrogen-bond acceptors (Lipinski definition) is 4. The van der Waals surface area contributed by atoms with E-state index in [4.69, 9.17) is 14.6 Å². The zero-order valence-electron chi connectivity index (χ0n) is 12.3. The lowest BCUT2D eigenvalue weighted by Gasteiger charge is -2.45. The summed E-state index contributed by atoms with van der Waals surface area (Å²) in [5.41, 5.74) is 0.912. The van der Waals surface area contributed by atoms with E-state index in [0.29, 0.717) is 0 Å². The lowest BCUT2D eigenvalue weighted by molar-refractivity contribution is -0.274. The molecule has 6 nitrogen and oxygen atoms in total. The van der Waals surface area contributed by atoms with Crippen LogP contribution in [0.1, 0.15) is 25.5 Å². The van der Waals surface area contributed by atoms with Gasteiger partial charge in [-0.15, -0.1) is 0 Å². The molecule has 0 aliphatic carbocycles. The molecule has 0 saturated carbocycles. The molecular formula is C15H19NO5. The van der Waals surface area contributed by atoms with Gasteiger partial charge in [0.1, 0.15) is 12.7 Å². The normalized spacial score (nSPS) is 29.5. The Balaban J connectivity index is 2.28. The van der Waals surface area contributed by atoms with Crippen molar-refractivity contribution in [2.75, 3.05) is 13.7 Å². The summed E-state index contributed by atoms with van der Waals surface area (Å²) >= 11 is 0. The quantitative estimate of drug-likeness (QED) is 0.908. The van der Waals surface area contributed by atoms with E-state index in [0.717, 1.165) is 5.56 Å². The Kier molecular flexibility index (Phi) is 4.29. The van der Waals surface area contributed by atoms with Crippen LogP contribution in [0.3, 0.4) is 0 Å². The number of carboxylic acids is 1. The highest BCUT2D eigenvalue weighted by Gasteiger charge is 2.48. The zero-order chi connectivity index (χ0) is 15.6. The smallest absolute Gasteiger partial charge is 0.329 e. The van der Waals surface area contributed by atoms with Crippen LogP contribution in [0.4, 0.5) is 0 Å². The highest BCUT2D eigenvalue weighted by Crippen LogP contribution is 2.36. The summed E-state index contributed by atoms with van der Waals surface area (Å²) in [5.74, 6) is -3.13. The van der Waals surface area contributed by atoms with Crippen LogP contribution in [0.5, 0.6) is 0 Å². The number of likely N-dealkylation sites (N-methyl/N-ethyl adjacent to an activating group) is 1. The van der Waals surface area contributed by atoms with Gasteiger partial charge >= 0.3 is 5.97 Å². The molecule has 0 unspecified atom stereocenters. The van der Waals surface area contributed by atoms with E-state index in [1.165, 1.54) is 11.8 Å². The maximum Gasteiger partial charge on any atom is 0.329 e. The third kappa shape index (κ3) is 3.06. The number of carbonyl (C=O) groups is 2. The maximum absolute atomic E-state index is 12.3. The number of hydrogen-bond donors (Lipinski definition) is 1. The van der Waals surface area contributed by atoms with E-state index in [1.807, 2.05) is 37.3 Å². The maximum atomic E-state index is 12.3. The average Bonchev–Trinajstić information content (AvgIpc) is 2.48. The lowest BCUT2D eigenvalue weighted by Crippen LogP contribution is -2.59. The molecule has 3 atom stereocenters. The largest absolute Gasteiger partial charge is 0.480 e. The van der Waals surface area contributed by atoms with Crippen molar-refractivity contribution in [2.24, 2.45) is 0 Å². The van der Waals surface area contributed by atoms with Gasteiger partial charge in [0.15, 0.2) is 0 Å². The van der Waals surface area contributed by atoms with Crippen molar-refractivity contribution in [1.29, 1.82) is 0 Å². The van der Waals surface area contributed by atoms with Crippen LogP contribution < -0.4 is 0 Å². The molecule has 1 heterocycles. The van der Waals surface area contributed by atoms with Crippen molar-refractivity contribution in [3.63, 3.8) is 0 Å². The van der Waals surface area contributed by atoms with Crippen LogP contribution in [0, 0.1) is 0 Å². The highest BCUT2D eigenvalue weighted by atomic mass is 16.7. The van der Waals surface area contributed by atoms with Crippen LogP contribution in [0.2, 0.25) is 0 Å². The molecule has 0 spiro atoms. The first-order valence-electron chi connectivity index (χ1n) is 6.71. The summed E-state index contributed by atoms with van der Waals surface area (Å²) < 4.78 is 11.0. The van der Waals surface area contributed by atoms with Crippen molar-refractivity contribution in [3.05, 3.63) is 35.9 Å². The molecule has 114 valence electrons. The summed E-state index contributed by atoms with van der Waals surface area (Å²) in [7, 11) is 1.66. The van der Waals surface area contributed by atoms with Gasteiger partial charge in [-0.2, -0.15) is 0 Å². The third-order valence-corrected chi connectivity index (χ3v) is 3.71. The Bertz CT molecular complexity index is 532. The second-order valence-electron chi connectivity index (χ2n) is 5.23. The van der Waals surface area contributed by atoms with Gasteiger partial charge in [-0.1, -0.05) is 30.3 Å². The van der Waals surface area contributed by atoms with Gasteiger partial charge in [-0.25, -0.2) is 4.79 Å². The van der Waals surface area contributed by atoms with Crippen LogP contribution in [0.15, 0.2) is 30.3 Å². The number of benzene rings is 1. The van der Waals surface area contributed by atoms with Gasteiger partial charge in [0.2, 0.25) is 5.79 Å². The number of aliphatic carboxylic acids is 1. The molecule has 1 aliphatic heterocycles. The summed E-state index contributed by atoms with van der Waals surface area (Å²) in [6.45, 7) is 2.74. The number of carbonyl (C=O) groups excluding carboxylic acids is 1. The Hall–Kier alpha value is -1.92. The van der Waals surface area contributed by atoms with Crippen molar-refractivity contribution in [2.45, 2.75) is 31.8 Å². The topological polar surface area (TPSA) is 76.1 Å². The lowest BCUT2D eigenvalue weighted by atomic mass is 9.98.